The second kappa shape index (κ2) is 6.59. The Morgan fingerprint density at radius 1 is 1.36 bits per heavy atom. The molecule has 2 N–H and O–H groups in total. The first kappa shape index (κ1) is 19.1. The molecule has 0 aliphatic heterocycles. The zero-order valence-electron chi connectivity index (χ0n) is 14.0. The Balaban J connectivity index is 2.40. The highest BCUT2D eigenvalue weighted by atomic mass is 35.5. The zero-order chi connectivity index (χ0) is 19.1. The van der Waals surface area contributed by atoms with E-state index < -0.39 is 28.5 Å². The van der Waals surface area contributed by atoms with E-state index in [0.717, 1.165) is 7.05 Å². The number of phenolic OH excluding ortho intramolecular Hbond substituents is 1. The Bertz CT molecular complexity index is 829. The Morgan fingerprint density at radius 2 is 1.96 bits per heavy atom. The molecule has 1 aromatic heterocycles. The maximum atomic E-state index is 13.0. The van der Waals surface area contributed by atoms with Crippen molar-refractivity contribution in [1.82, 2.24) is 9.78 Å². The number of benzene rings is 1. The van der Waals surface area contributed by atoms with Crippen molar-refractivity contribution < 1.29 is 23.1 Å². The highest BCUT2D eigenvalue weighted by Gasteiger charge is 2.40. The van der Waals surface area contributed by atoms with E-state index in [-0.39, 0.29) is 11.7 Å². The number of alkyl halides is 3. The van der Waals surface area contributed by atoms with Crippen LogP contribution in [0.1, 0.15) is 47.1 Å². The second-order valence-corrected chi connectivity index (χ2v) is 6.35. The van der Waals surface area contributed by atoms with Crippen molar-refractivity contribution >= 4 is 23.2 Å². The van der Waals surface area contributed by atoms with Crippen LogP contribution in [-0.2, 0) is 13.2 Å². The largest absolute Gasteiger partial charge is 0.508 e. The van der Waals surface area contributed by atoms with Gasteiger partial charge in [-0.05, 0) is 36.1 Å². The fraction of sp³-hybridized carbons (Fsp3) is 0.375. The molecule has 0 saturated carbocycles. The van der Waals surface area contributed by atoms with E-state index >= 15 is 0 Å². The third-order valence-electron chi connectivity index (χ3n) is 3.72. The molecule has 136 valence electrons. The Hall–Kier alpha value is -2.22. The van der Waals surface area contributed by atoms with Crippen LogP contribution < -0.4 is 5.32 Å². The Kier molecular flexibility index (Phi) is 5.04. The molecule has 5 nitrogen and oxygen atoms in total. The SMILES string of the molecule is Cc1cc(O)c(C(C)C)cc1NC(=O)c1nn(C)c(C(F)(F)F)c1Cl. The minimum atomic E-state index is -4.73. The number of amides is 1. The molecule has 1 aromatic carbocycles. The highest BCUT2D eigenvalue weighted by Crippen LogP contribution is 2.36. The van der Waals surface area contributed by atoms with Crippen LogP contribution in [0, 0.1) is 6.92 Å². The van der Waals surface area contributed by atoms with Gasteiger partial charge in [-0.25, -0.2) is 0 Å². The van der Waals surface area contributed by atoms with Crippen LogP contribution >= 0.6 is 11.6 Å². The zero-order valence-corrected chi connectivity index (χ0v) is 14.7. The molecule has 1 heterocycles. The fourth-order valence-electron chi connectivity index (χ4n) is 2.44. The van der Waals surface area contributed by atoms with Gasteiger partial charge in [-0.15, -0.1) is 0 Å². The summed E-state index contributed by atoms with van der Waals surface area (Å²) in [5, 5.41) is 15.3. The monoisotopic (exact) mass is 375 g/mol. The average Bonchev–Trinajstić information content (AvgIpc) is 2.76. The maximum Gasteiger partial charge on any atom is 0.434 e. The van der Waals surface area contributed by atoms with E-state index in [0.29, 0.717) is 21.5 Å². The quantitative estimate of drug-likeness (QED) is 0.777. The number of rotatable bonds is 3. The molecule has 0 saturated heterocycles. The number of nitrogens with one attached hydrogen (secondary N) is 1. The second-order valence-electron chi connectivity index (χ2n) is 5.97. The number of hydrogen-bond donors (Lipinski definition) is 2. The van der Waals surface area contributed by atoms with Gasteiger partial charge in [0.15, 0.2) is 11.4 Å². The molecule has 0 bridgehead atoms. The summed E-state index contributed by atoms with van der Waals surface area (Å²) < 4.78 is 39.4. The number of hydrogen-bond acceptors (Lipinski definition) is 3. The van der Waals surface area contributed by atoms with Crippen molar-refractivity contribution in [1.29, 1.82) is 0 Å². The molecule has 1 amide bonds. The van der Waals surface area contributed by atoms with Crippen LogP contribution in [0.5, 0.6) is 5.75 Å². The minimum Gasteiger partial charge on any atom is -0.508 e. The van der Waals surface area contributed by atoms with E-state index in [1.165, 1.54) is 6.07 Å². The van der Waals surface area contributed by atoms with Crippen molar-refractivity contribution in [2.75, 3.05) is 5.32 Å². The van der Waals surface area contributed by atoms with Crippen molar-refractivity contribution in [3.63, 3.8) is 0 Å². The van der Waals surface area contributed by atoms with Gasteiger partial charge < -0.3 is 10.4 Å². The molecule has 2 aromatic rings. The summed E-state index contributed by atoms with van der Waals surface area (Å²) >= 11 is 5.72. The van der Waals surface area contributed by atoms with Gasteiger partial charge in [0.1, 0.15) is 10.8 Å². The topological polar surface area (TPSA) is 67.2 Å². The van der Waals surface area contributed by atoms with Gasteiger partial charge in [0.25, 0.3) is 5.91 Å². The molecule has 0 aliphatic rings. The molecule has 0 fully saturated rings. The summed E-state index contributed by atoms with van der Waals surface area (Å²) in [6.45, 7) is 5.38. The van der Waals surface area contributed by atoms with Gasteiger partial charge in [0.05, 0.1) is 0 Å². The van der Waals surface area contributed by atoms with Gasteiger partial charge >= 0.3 is 6.18 Å². The summed E-state index contributed by atoms with van der Waals surface area (Å²) in [6, 6.07) is 3.06. The van der Waals surface area contributed by atoms with Crippen LogP contribution in [0.25, 0.3) is 0 Å². The van der Waals surface area contributed by atoms with Crippen LogP contribution in [0.2, 0.25) is 5.02 Å². The van der Waals surface area contributed by atoms with Crippen LogP contribution in [-0.4, -0.2) is 20.8 Å². The highest BCUT2D eigenvalue weighted by molar-refractivity contribution is 6.34. The number of halogens is 4. The van der Waals surface area contributed by atoms with Gasteiger partial charge in [-0.3, -0.25) is 9.48 Å². The lowest BCUT2D eigenvalue weighted by molar-refractivity contribution is -0.143. The summed E-state index contributed by atoms with van der Waals surface area (Å²) in [5.41, 5.74) is -0.191. The first-order valence-electron chi connectivity index (χ1n) is 7.38. The summed E-state index contributed by atoms with van der Waals surface area (Å²) in [4.78, 5) is 12.3. The lowest BCUT2D eigenvalue weighted by atomic mass is 9.99. The maximum absolute atomic E-state index is 13.0. The third-order valence-corrected chi connectivity index (χ3v) is 4.07. The smallest absolute Gasteiger partial charge is 0.434 e. The van der Waals surface area contributed by atoms with Crippen molar-refractivity contribution in [3.05, 3.63) is 39.7 Å². The molecule has 25 heavy (non-hydrogen) atoms. The normalized spacial score (nSPS) is 11.9. The third kappa shape index (κ3) is 3.73. The van der Waals surface area contributed by atoms with Gasteiger partial charge in [-0.1, -0.05) is 25.4 Å². The number of anilines is 1. The van der Waals surface area contributed by atoms with Gasteiger partial charge in [-0.2, -0.15) is 18.3 Å². The number of carbonyl (C=O) groups is 1. The van der Waals surface area contributed by atoms with Crippen molar-refractivity contribution in [3.8, 4) is 5.75 Å². The van der Waals surface area contributed by atoms with E-state index in [1.54, 1.807) is 13.0 Å². The molecule has 9 heteroatoms. The summed E-state index contributed by atoms with van der Waals surface area (Å²) in [6.07, 6.45) is -4.73. The summed E-state index contributed by atoms with van der Waals surface area (Å²) in [7, 11) is 1.06. The lowest BCUT2D eigenvalue weighted by Gasteiger charge is -2.14. The van der Waals surface area contributed by atoms with E-state index in [2.05, 4.69) is 10.4 Å². The molecule has 0 atom stereocenters. The Morgan fingerprint density at radius 3 is 2.44 bits per heavy atom. The van der Waals surface area contributed by atoms with Crippen molar-refractivity contribution in [2.24, 2.45) is 7.05 Å². The minimum absolute atomic E-state index is 0.00785. The standard InChI is InChI=1S/C16H17ClF3N3O2/c1-7(2)9-6-10(8(3)5-11(9)24)21-15(25)13-12(17)14(16(18,19)20)23(4)22-13/h5-7,24H,1-4H3,(H,21,25). The van der Waals surface area contributed by atoms with Crippen LogP contribution in [0.15, 0.2) is 12.1 Å². The molecule has 2 rings (SSSR count). The molecule has 0 spiro atoms. The predicted molar refractivity (Wildman–Crippen MR) is 88.1 cm³/mol. The van der Waals surface area contributed by atoms with Gasteiger partial charge in [0, 0.05) is 12.7 Å². The first-order valence-corrected chi connectivity index (χ1v) is 7.75. The number of nitrogens with zero attached hydrogens (tertiary/aromatic N) is 2. The number of aromatic nitrogens is 2. The first-order chi connectivity index (χ1) is 11.4. The number of aryl methyl sites for hydroxylation is 2. The predicted octanol–water partition coefficient (Wildman–Crippen LogP) is 4.48. The average molecular weight is 376 g/mol. The molecular weight excluding hydrogens is 359 g/mol. The van der Waals surface area contributed by atoms with Crippen LogP contribution in [0.3, 0.4) is 0 Å². The summed E-state index contributed by atoms with van der Waals surface area (Å²) in [5.74, 6) is -0.785. The van der Waals surface area contributed by atoms with Gasteiger partial charge in [0.2, 0.25) is 0 Å². The van der Waals surface area contributed by atoms with E-state index in [9.17, 15) is 23.1 Å². The number of phenols is 1. The molecular formula is C16H17ClF3N3O2. The molecule has 0 radical (unpaired) electrons. The van der Waals surface area contributed by atoms with Crippen LogP contribution in [0.4, 0.5) is 18.9 Å². The lowest BCUT2D eigenvalue weighted by Crippen LogP contribution is -2.14. The number of aromatic hydroxyl groups is 1. The molecule has 0 unspecified atom stereocenters. The Labute approximate surface area is 147 Å². The van der Waals surface area contributed by atoms with Crippen molar-refractivity contribution in [2.45, 2.75) is 32.9 Å². The molecule has 0 aliphatic carbocycles. The number of carbonyl (C=O) groups excluding carboxylic acids is 1. The van der Waals surface area contributed by atoms with E-state index in [4.69, 9.17) is 11.6 Å². The fourth-order valence-corrected chi connectivity index (χ4v) is 2.79. The van der Waals surface area contributed by atoms with E-state index in [1.807, 2.05) is 13.8 Å².